The van der Waals surface area contributed by atoms with Gasteiger partial charge in [0.15, 0.2) is 0 Å². The Labute approximate surface area is 166 Å². The van der Waals surface area contributed by atoms with Gasteiger partial charge in [-0.15, -0.1) is 22.7 Å². The van der Waals surface area contributed by atoms with Crippen LogP contribution in [0.5, 0.6) is 5.75 Å². The Morgan fingerprint density at radius 1 is 1.26 bits per heavy atom. The number of aromatic nitrogens is 2. The second kappa shape index (κ2) is 9.59. The second-order valence-electron chi connectivity index (χ2n) is 5.76. The minimum atomic E-state index is -0.138. The highest BCUT2D eigenvalue weighted by Crippen LogP contribution is 2.25. The Bertz CT molecular complexity index is 865. The number of hydrogen-bond acceptors (Lipinski definition) is 7. The highest BCUT2D eigenvalue weighted by atomic mass is 32.1. The lowest BCUT2D eigenvalue weighted by molar-refractivity contribution is -0.115. The average molecular weight is 404 g/mol. The molecule has 1 unspecified atom stereocenters. The van der Waals surface area contributed by atoms with Gasteiger partial charge in [-0.25, -0.2) is 9.97 Å². The molecule has 0 radical (unpaired) electrons. The van der Waals surface area contributed by atoms with Gasteiger partial charge in [-0.1, -0.05) is 12.1 Å². The van der Waals surface area contributed by atoms with Crippen LogP contribution < -0.4 is 10.1 Å². The van der Waals surface area contributed by atoms with Gasteiger partial charge in [0.25, 0.3) is 0 Å². The first-order valence-corrected chi connectivity index (χ1v) is 10.4. The summed E-state index contributed by atoms with van der Waals surface area (Å²) >= 11 is 3.03. The minimum absolute atomic E-state index is 0.0587. The van der Waals surface area contributed by atoms with E-state index in [2.05, 4.69) is 15.3 Å². The van der Waals surface area contributed by atoms with Gasteiger partial charge >= 0.3 is 0 Å². The van der Waals surface area contributed by atoms with E-state index in [1.54, 1.807) is 5.51 Å². The van der Waals surface area contributed by atoms with Crippen LogP contribution in [0.2, 0.25) is 0 Å². The molecule has 0 fully saturated rings. The molecule has 142 valence electrons. The van der Waals surface area contributed by atoms with E-state index in [9.17, 15) is 4.79 Å². The molecule has 0 saturated heterocycles. The van der Waals surface area contributed by atoms with Crippen molar-refractivity contribution in [3.8, 4) is 5.75 Å². The van der Waals surface area contributed by atoms with Crippen molar-refractivity contribution in [3.05, 3.63) is 56.9 Å². The van der Waals surface area contributed by atoms with E-state index >= 15 is 0 Å². The highest BCUT2D eigenvalue weighted by molar-refractivity contribution is 7.09. The molecule has 0 spiro atoms. The van der Waals surface area contributed by atoms with Gasteiger partial charge in [0.05, 0.1) is 29.0 Å². The molecule has 0 aliphatic rings. The molecule has 1 aromatic carbocycles. The quantitative estimate of drug-likeness (QED) is 0.571. The molecular weight excluding hydrogens is 382 g/mol. The number of thiazole rings is 2. The van der Waals surface area contributed by atoms with Crippen molar-refractivity contribution >= 4 is 34.3 Å². The van der Waals surface area contributed by atoms with Gasteiger partial charge in [-0.05, 0) is 26.0 Å². The Hall–Kier alpha value is -2.29. The molecule has 0 bridgehead atoms. The van der Waals surface area contributed by atoms with Gasteiger partial charge in [0.2, 0.25) is 5.91 Å². The molecule has 0 aliphatic carbocycles. The highest BCUT2D eigenvalue weighted by Gasteiger charge is 2.14. The van der Waals surface area contributed by atoms with Crippen LogP contribution in [0, 0.1) is 0 Å². The van der Waals surface area contributed by atoms with Crippen LogP contribution in [-0.2, 0) is 22.6 Å². The summed E-state index contributed by atoms with van der Waals surface area (Å²) in [5.41, 5.74) is 4.00. The predicted molar refractivity (Wildman–Crippen MR) is 107 cm³/mol. The molecule has 2 heterocycles. The largest absolute Gasteiger partial charge is 0.485 e. The Morgan fingerprint density at radius 3 is 2.89 bits per heavy atom. The molecule has 27 heavy (non-hydrogen) atoms. The molecular formula is C19H21N3O3S2. The van der Waals surface area contributed by atoms with E-state index < -0.39 is 0 Å². The molecule has 1 amide bonds. The zero-order valence-electron chi connectivity index (χ0n) is 15.2. The summed E-state index contributed by atoms with van der Waals surface area (Å²) in [7, 11) is 0. The number of benzene rings is 1. The van der Waals surface area contributed by atoms with Crippen LogP contribution in [-0.4, -0.2) is 22.5 Å². The first kappa shape index (κ1) is 19.5. The maximum Gasteiger partial charge on any atom is 0.230 e. The van der Waals surface area contributed by atoms with Crippen LogP contribution in [0.3, 0.4) is 0 Å². The third-order valence-electron chi connectivity index (χ3n) is 3.70. The molecule has 6 nitrogen and oxygen atoms in total. The van der Waals surface area contributed by atoms with Gasteiger partial charge < -0.3 is 14.8 Å². The van der Waals surface area contributed by atoms with Gasteiger partial charge in [0.1, 0.15) is 23.5 Å². The summed E-state index contributed by atoms with van der Waals surface area (Å²) in [6.07, 6.45) is 0.145. The number of carbonyl (C=O) groups is 1. The third-order valence-corrected chi connectivity index (χ3v) is 5.39. The molecule has 8 heteroatoms. The molecule has 3 aromatic rings. The van der Waals surface area contributed by atoms with Crippen molar-refractivity contribution in [2.75, 3.05) is 11.9 Å². The first-order valence-electron chi connectivity index (χ1n) is 8.60. The van der Waals surface area contributed by atoms with E-state index in [-0.39, 0.29) is 18.4 Å². The summed E-state index contributed by atoms with van der Waals surface area (Å²) in [4.78, 5) is 21.1. The summed E-state index contributed by atoms with van der Waals surface area (Å²) in [6.45, 7) is 4.91. The molecule has 3 rings (SSSR count). The SMILES string of the molecule is CCOC(C)c1nc(CC(=O)Nc2ccccc2OCc2cscn2)cs1. The molecule has 1 N–H and O–H groups in total. The van der Waals surface area contributed by atoms with E-state index in [1.807, 2.05) is 48.9 Å². The van der Waals surface area contributed by atoms with Crippen LogP contribution in [0.15, 0.2) is 40.5 Å². The fraction of sp³-hybridized carbons (Fsp3) is 0.316. The average Bonchev–Trinajstić information content (AvgIpc) is 3.33. The first-order chi connectivity index (χ1) is 13.2. The maximum absolute atomic E-state index is 12.4. The standard InChI is InChI=1S/C19H21N3O3S2/c1-3-24-13(2)19-21-14(11-27-19)8-18(23)22-16-6-4-5-7-17(16)25-9-15-10-26-12-20-15/h4-7,10-13H,3,8-9H2,1-2H3,(H,22,23). The van der Waals surface area contributed by atoms with E-state index in [1.165, 1.54) is 22.7 Å². The van der Waals surface area contributed by atoms with Crippen LogP contribution in [0.1, 0.15) is 36.3 Å². The minimum Gasteiger partial charge on any atom is -0.485 e. The number of para-hydroxylation sites is 2. The van der Waals surface area contributed by atoms with Crippen LogP contribution >= 0.6 is 22.7 Å². The lowest BCUT2D eigenvalue weighted by Crippen LogP contribution is -2.15. The number of nitrogens with zero attached hydrogens (tertiary/aromatic N) is 2. The van der Waals surface area contributed by atoms with Gasteiger partial charge in [-0.3, -0.25) is 4.79 Å². The van der Waals surface area contributed by atoms with Crippen molar-refractivity contribution < 1.29 is 14.3 Å². The van der Waals surface area contributed by atoms with E-state index in [4.69, 9.17) is 9.47 Å². The van der Waals surface area contributed by atoms with Crippen molar-refractivity contribution in [3.63, 3.8) is 0 Å². The van der Waals surface area contributed by atoms with Crippen molar-refractivity contribution in [1.29, 1.82) is 0 Å². The maximum atomic E-state index is 12.4. The molecule has 1 atom stereocenters. The smallest absolute Gasteiger partial charge is 0.230 e. The Balaban J connectivity index is 1.59. The fourth-order valence-corrected chi connectivity index (χ4v) is 3.79. The lowest BCUT2D eigenvalue weighted by atomic mass is 10.2. The fourth-order valence-electron chi connectivity index (χ4n) is 2.43. The number of nitrogens with one attached hydrogen (secondary N) is 1. The number of ether oxygens (including phenoxy) is 2. The summed E-state index contributed by atoms with van der Waals surface area (Å²) < 4.78 is 11.3. The van der Waals surface area contributed by atoms with Crippen molar-refractivity contribution in [2.24, 2.45) is 0 Å². The summed E-state index contributed by atoms with van der Waals surface area (Å²) in [5.74, 6) is 0.475. The molecule has 0 aliphatic heterocycles. The van der Waals surface area contributed by atoms with Crippen LogP contribution in [0.25, 0.3) is 0 Å². The van der Waals surface area contributed by atoms with Crippen LogP contribution in [0.4, 0.5) is 5.69 Å². The zero-order valence-corrected chi connectivity index (χ0v) is 16.8. The summed E-state index contributed by atoms with van der Waals surface area (Å²) in [5, 5.41) is 7.62. The summed E-state index contributed by atoms with van der Waals surface area (Å²) in [6, 6.07) is 7.37. The monoisotopic (exact) mass is 403 g/mol. The van der Waals surface area contributed by atoms with E-state index in [0.29, 0.717) is 24.7 Å². The second-order valence-corrected chi connectivity index (χ2v) is 7.37. The normalized spacial score (nSPS) is 11.9. The zero-order chi connectivity index (χ0) is 19.1. The molecule has 2 aromatic heterocycles. The Morgan fingerprint density at radius 2 is 2.11 bits per heavy atom. The van der Waals surface area contributed by atoms with Crippen molar-refractivity contribution in [2.45, 2.75) is 33.0 Å². The van der Waals surface area contributed by atoms with Crippen molar-refractivity contribution in [1.82, 2.24) is 9.97 Å². The third kappa shape index (κ3) is 5.59. The predicted octanol–water partition coefficient (Wildman–Crippen LogP) is 4.46. The lowest BCUT2D eigenvalue weighted by Gasteiger charge is -2.11. The Kier molecular flexibility index (Phi) is 6.92. The number of hydrogen-bond donors (Lipinski definition) is 1. The topological polar surface area (TPSA) is 73.3 Å². The number of carbonyl (C=O) groups excluding carboxylic acids is 1. The number of rotatable bonds is 9. The molecule has 0 saturated carbocycles. The number of anilines is 1. The number of amides is 1. The van der Waals surface area contributed by atoms with E-state index in [0.717, 1.165) is 16.4 Å². The van der Waals surface area contributed by atoms with Gasteiger partial charge in [0, 0.05) is 17.4 Å². The van der Waals surface area contributed by atoms with Gasteiger partial charge in [-0.2, -0.15) is 0 Å².